The fourth-order valence-corrected chi connectivity index (χ4v) is 4.51. The summed E-state index contributed by atoms with van der Waals surface area (Å²) in [5, 5.41) is 3.38. The van der Waals surface area contributed by atoms with Crippen LogP contribution in [-0.4, -0.2) is 12.0 Å². The first-order valence-electron chi connectivity index (χ1n) is 7.16. The molecule has 0 bridgehead atoms. The number of H-pyrrole nitrogens is 1. The molecule has 0 spiro atoms. The maximum atomic E-state index is 11.3. The Morgan fingerprint density at radius 2 is 2.24 bits per heavy atom. The van der Waals surface area contributed by atoms with Gasteiger partial charge in [-0.1, -0.05) is 6.07 Å². The molecule has 4 rings (SSSR count). The van der Waals surface area contributed by atoms with Crippen molar-refractivity contribution in [3.63, 3.8) is 0 Å². The highest BCUT2D eigenvalue weighted by molar-refractivity contribution is 7.12. The van der Waals surface area contributed by atoms with Crippen molar-refractivity contribution < 1.29 is 4.42 Å². The summed E-state index contributed by atoms with van der Waals surface area (Å²) < 4.78 is 5.16. The van der Waals surface area contributed by atoms with Gasteiger partial charge in [0.15, 0.2) is 5.58 Å². The van der Waals surface area contributed by atoms with E-state index in [0.29, 0.717) is 5.58 Å². The number of thiophene rings is 1. The van der Waals surface area contributed by atoms with Crippen LogP contribution in [0.3, 0.4) is 0 Å². The number of oxazole rings is 1. The number of hydrogen-bond donors (Lipinski definition) is 2. The van der Waals surface area contributed by atoms with Crippen LogP contribution >= 0.6 is 11.3 Å². The van der Waals surface area contributed by atoms with Crippen LogP contribution in [0.25, 0.3) is 11.1 Å². The number of rotatable bonds is 3. The van der Waals surface area contributed by atoms with E-state index in [1.807, 2.05) is 36.6 Å². The van der Waals surface area contributed by atoms with Crippen molar-refractivity contribution in [2.75, 3.05) is 7.05 Å². The molecule has 0 saturated heterocycles. The van der Waals surface area contributed by atoms with Crippen LogP contribution in [0.4, 0.5) is 0 Å². The molecule has 5 heteroatoms. The van der Waals surface area contributed by atoms with E-state index in [4.69, 9.17) is 4.42 Å². The molecule has 0 aliphatic heterocycles. The second kappa shape index (κ2) is 4.86. The van der Waals surface area contributed by atoms with Crippen LogP contribution < -0.4 is 11.1 Å². The highest BCUT2D eigenvalue weighted by Gasteiger charge is 2.21. The highest BCUT2D eigenvalue weighted by Crippen LogP contribution is 2.36. The average Bonchev–Trinajstić information content (AvgIpc) is 3.12. The molecule has 0 saturated carbocycles. The molecular weight excluding hydrogens is 284 g/mol. The molecular formula is C16H16N2O2S. The first-order chi connectivity index (χ1) is 10.2. The largest absolute Gasteiger partial charge is 0.417 e. The van der Waals surface area contributed by atoms with Crippen molar-refractivity contribution in [1.82, 2.24) is 10.3 Å². The molecule has 4 nitrogen and oxygen atoms in total. The Hall–Kier alpha value is -1.85. The first kappa shape index (κ1) is 12.9. The number of hydrogen-bond acceptors (Lipinski definition) is 4. The Morgan fingerprint density at radius 1 is 1.33 bits per heavy atom. The van der Waals surface area contributed by atoms with E-state index < -0.39 is 5.76 Å². The van der Waals surface area contributed by atoms with Gasteiger partial charge in [0.05, 0.1) is 11.6 Å². The molecule has 1 aliphatic carbocycles. The van der Waals surface area contributed by atoms with Crippen LogP contribution in [0.15, 0.2) is 33.5 Å². The van der Waals surface area contributed by atoms with Crippen molar-refractivity contribution in [3.05, 3.63) is 55.7 Å². The van der Waals surface area contributed by atoms with E-state index in [-0.39, 0.29) is 6.04 Å². The van der Waals surface area contributed by atoms with Crippen molar-refractivity contribution in [1.29, 1.82) is 0 Å². The van der Waals surface area contributed by atoms with Crippen LogP contribution in [-0.2, 0) is 12.8 Å². The lowest BCUT2D eigenvalue weighted by atomic mass is 10.0. The van der Waals surface area contributed by atoms with Gasteiger partial charge in [0.25, 0.3) is 0 Å². The zero-order chi connectivity index (χ0) is 14.4. The maximum Gasteiger partial charge on any atom is 0.417 e. The minimum atomic E-state index is -0.404. The number of aromatic nitrogens is 1. The molecule has 1 unspecified atom stereocenters. The van der Waals surface area contributed by atoms with E-state index in [1.54, 1.807) is 0 Å². The van der Waals surface area contributed by atoms with Crippen molar-refractivity contribution in [3.8, 4) is 0 Å². The average molecular weight is 300 g/mol. The Labute approximate surface area is 125 Å². The Bertz CT molecular complexity index is 837. The topological polar surface area (TPSA) is 58.0 Å². The Balaban J connectivity index is 1.77. The monoisotopic (exact) mass is 300 g/mol. The minimum Gasteiger partial charge on any atom is -0.408 e. The number of fused-ring (bicyclic) bond motifs is 2. The van der Waals surface area contributed by atoms with E-state index in [9.17, 15) is 4.79 Å². The molecule has 1 aromatic carbocycles. The quantitative estimate of drug-likeness (QED) is 0.782. The van der Waals surface area contributed by atoms with E-state index in [2.05, 4.69) is 16.4 Å². The fourth-order valence-electron chi connectivity index (χ4n) is 3.11. The van der Waals surface area contributed by atoms with Gasteiger partial charge in [-0.15, -0.1) is 11.3 Å². The van der Waals surface area contributed by atoms with Crippen molar-refractivity contribution in [2.45, 2.75) is 25.3 Å². The smallest absolute Gasteiger partial charge is 0.408 e. The molecule has 108 valence electrons. The molecule has 3 aromatic rings. The van der Waals surface area contributed by atoms with Gasteiger partial charge in [0.1, 0.15) is 0 Å². The third-order valence-electron chi connectivity index (χ3n) is 4.12. The summed E-state index contributed by atoms with van der Waals surface area (Å²) in [6.45, 7) is 0. The Morgan fingerprint density at radius 3 is 3.05 bits per heavy atom. The molecule has 1 atom stereocenters. The van der Waals surface area contributed by atoms with Crippen LogP contribution in [0.2, 0.25) is 0 Å². The summed E-state index contributed by atoms with van der Waals surface area (Å²) >= 11 is 1.90. The molecule has 21 heavy (non-hydrogen) atoms. The number of aromatic amines is 1. The summed E-state index contributed by atoms with van der Waals surface area (Å²) in [7, 11) is 1.97. The Kier molecular flexibility index (Phi) is 2.97. The number of nitrogens with one attached hydrogen (secondary N) is 2. The van der Waals surface area contributed by atoms with Gasteiger partial charge in [0.2, 0.25) is 0 Å². The van der Waals surface area contributed by atoms with Gasteiger partial charge in [-0.25, -0.2) is 4.79 Å². The molecule has 2 heterocycles. The second-order valence-electron chi connectivity index (χ2n) is 5.44. The lowest BCUT2D eigenvalue weighted by Gasteiger charge is -2.15. The summed E-state index contributed by atoms with van der Waals surface area (Å²) in [5.41, 5.74) is 3.98. The maximum absolute atomic E-state index is 11.3. The zero-order valence-corrected chi connectivity index (χ0v) is 12.5. The zero-order valence-electron chi connectivity index (χ0n) is 11.7. The van der Waals surface area contributed by atoms with Gasteiger partial charge in [-0.05, 0) is 55.6 Å². The molecule has 2 aromatic heterocycles. The molecule has 0 radical (unpaired) electrons. The van der Waals surface area contributed by atoms with Crippen molar-refractivity contribution in [2.24, 2.45) is 0 Å². The normalized spacial score (nSPS) is 15.5. The lowest BCUT2D eigenvalue weighted by molar-refractivity contribution is 0.554. The summed E-state index contributed by atoms with van der Waals surface area (Å²) in [4.78, 5) is 16.8. The lowest BCUT2D eigenvalue weighted by Crippen LogP contribution is -2.16. The van der Waals surface area contributed by atoms with Gasteiger partial charge in [0, 0.05) is 9.75 Å². The standard InChI is InChI=1S/C16H16N2O2S/c1-17-15(14-8-9-3-2-4-13(9)21-14)10-5-6-11-12(7-10)20-16(19)18-11/h5-8,15,17H,2-4H2,1H3,(H,18,19). The van der Waals surface area contributed by atoms with Gasteiger partial charge in [-0.3, -0.25) is 4.98 Å². The van der Waals surface area contributed by atoms with Crippen LogP contribution in [0, 0.1) is 0 Å². The van der Waals surface area contributed by atoms with Crippen LogP contribution in [0.1, 0.15) is 33.3 Å². The first-order valence-corrected chi connectivity index (χ1v) is 7.98. The van der Waals surface area contributed by atoms with Crippen molar-refractivity contribution >= 4 is 22.4 Å². The van der Waals surface area contributed by atoms with Gasteiger partial charge < -0.3 is 9.73 Å². The fraction of sp³-hybridized carbons (Fsp3) is 0.312. The van der Waals surface area contributed by atoms with E-state index in [0.717, 1.165) is 11.1 Å². The molecule has 0 amide bonds. The van der Waals surface area contributed by atoms with E-state index in [1.165, 1.54) is 34.6 Å². The molecule has 0 fully saturated rings. The predicted molar refractivity (Wildman–Crippen MR) is 84.1 cm³/mol. The predicted octanol–water partition coefficient (Wildman–Crippen LogP) is 2.98. The minimum absolute atomic E-state index is 0.144. The second-order valence-corrected chi connectivity index (χ2v) is 6.61. The SMILES string of the molecule is CNC(c1ccc2[nH]c(=O)oc2c1)c1cc2c(s1)CCC2. The third kappa shape index (κ3) is 2.13. The summed E-state index contributed by atoms with van der Waals surface area (Å²) in [6, 6.07) is 8.36. The third-order valence-corrected chi connectivity index (χ3v) is 5.42. The molecule has 2 N–H and O–H groups in total. The van der Waals surface area contributed by atoms with E-state index >= 15 is 0 Å². The van der Waals surface area contributed by atoms with Gasteiger partial charge in [-0.2, -0.15) is 0 Å². The van der Waals surface area contributed by atoms with Gasteiger partial charge >= 0.3 is 5.76 Å². The number of aryl methyl sites for hydroxylation is 2. The van der Waals surface area contributed by atoms with Crippen LogP contribution in [0.5, 0.6) is 0 Å². The molecule has 1 aliphatic rings. The number of benzene rings is 1. The summed E-state index contributed by atoms with van der Waals surface area (Å²) in [6.07, 6.45) is 3.70. The summed E-state index contributed by atoms with van der Waals surface area (Å²) in [5.74, 6) is -0.404. The highest BCUT2D eigenvalue weighted by atomic mass is 32.1.